The van der Waals surface area contributed by atoms with Gasteiger partial charge in [0.15, 0.2) is 0 Å². The molecule has 0 aromatic rings. The van der Waals surface area contributed by atoms with Gasteiger partial charge in [-0.3, -0.25) is 4.70 Å². The second-order valence-corrected chi connectivity index (χ2v) is 9.85. The lowest BCUT2D eigenvalue weighted by Crippen LogP contribution is -2.19. The Bertz CT molecular complexity index is 259. The molecule has 0 heterocycles. The van der Waals surface area contributed by atoms with E-state index in [1.54, 1.807) is 6.42 Å². The third kappa shape index (κ3) is 17.6. The van der Waals surface area contributed by atoms with Gasteiger partial charge in [0.2, 0.25) is 0 Å². The molecular weight excluding hydrogens is 367 g/mol. The first-order valence-electron chi connectivity index (χ1n) is 11.0. The summed E-state index contributed by atoms with van der Waals surface area (Å²) in [7, 11) is 0. The highest BCUT2D eigenvalue weighted by atomic mass is 19.0. The maximum Gasteiger partial charge on any atom is -0.0411 e. The zero-order chi connectivity index (χ0) is 16.7. The average Bonchev–Trinajstić information content (AvgIpc) is 2.55. The summed E-state index contributed by atoms with van der Waals surface area (Å²) in [5, 5.41) is 0. The molecule has 0 aromatic carbocycles. The first-order chi connectivity index (χ1) is 11.0. The topological polar surface area (TPSA) is 0 Å². The maximum absolute atomic E-state index is 2.43. The van der Waals surface area contributed by atoms with E-state index in [-0.39, 0.29) is 49.3 Å². The molecule has 3 fully saturated rings. The molecule has 3 aliphatic rings. The van der Waals surface area contributed by atoms with E-state index in [1.165, 1.54) is 77.0 Å². The second kappa shape index (κ2) is 23.6. The highest BCUT2D eigenvalue weighted by Gasteiger charge is 2.24. The molecular formula is C29H69F. The minimum Gasteiger partial charge on any atom is -0.269 e. The highest BCUT2D eigenvalue weighted by Crippen LogP contribution is 2.38. The number of hydrogen-bond donors (Lipinski definition) is 0. The quantitative estimate of drug-likeness (QED) is 0.403. The van der Waals surface area contributed by atoms with Gasteiger partial charge < -0.3 is 0 Å². The van der Waals surface area contributed by atoms with Crippen molar-refractivity contribution in [3.8, 4) is 0 Å². The second-order valence-electron chi connectivity index (χ2n) is 9.85. The smallest absolute Gasteiger partial charge is 0.0411 e. The van der Waals surface area contributed by atoms with E-state index >= 15 is 0 Å². The minimum absolute atomic E-state index is 0. The molecule has 30 heavy (non-hydrogen) atoms. The Morgan fingerprint density at radius 2 is 0.533 bits per heavy atom. The Morgan fingerprint density at radius 1 is 0.367 bits per heavy atom. The molecule has 3 saturated carbocycles. The summed E-state index contributed by atoms with van der Waals surface area (Å²) >= 11 is 0. The monoisotopic (exact) mass is 437 g/mol. The molecule has 0 nitrogen and oxygen atoms in total. The summed E-state index contributed by atoms with van der Waals surface area (Å²) in [6.07, 6.45) is 19.6. The summed E-state index contributed by atoms with van der Waals surface area (Å²) < 4.78 is 0. The Balaban J connectivity index is -0.0000000858. The lowest BCUT2D eigenvalue weighted by atomic mass is 9.74. The normalized spacial score (nSPS) is 32.0. The molecule has 0 saturated heterocycles. The van der Waals surface area contributed by atoms with Gasteiger partial charge in [0.1, 0.15) is 0 Å². The predicted octanol–water partition coefficient (Wildman–Crippen LogP) is 11.8. The fourth-order valence-corrected chi connectivity index (χ4v) is 5.03. The van der Waals surface area contributed by atoms with E-state index in [1.807, 2.05) is 0 Å². The van der Waals surface area contributed by atoms with Crippen LogP contribution in [0.4, 0.5) is 4.70 Å². The van der Waals surface area contributed by atoms with Crippen LogP contribution in [0, 0.1) is 35.5 Å². The third-order valence-electron chi connectivity index (χ3n) is 7.24. The van der Waals surface area contributed by atoms with Crippen molar-refractivity contribution >= 4 is 0 Å². The van der Waals surface area contributed by atoms with Crippen molar-refractivity contribution < 1.29 is 4.70 Å². The Kier molecular flexibility index (Phi) is 34.4. The van der Waals surface area contributed by atoms with Gasteiger partial charge in [0.05, 0.1) is 0 Å². The van der Waals surface area contributed by atoms with Crippen molar-refractivity contribution in [2.45, 2.75) is 156 Å². The third-order valence-corrected chi connectivity index (χ3v) is 7.24. The minimum atomic E-state index is 0. The van der Waals surface area contributed by atoms with Gasteiger partial charge in [0.25, 0.3) is 0 Å². The van der Waals surface area contributed by atoms with Crippen LogP contribution in [0.3, 0.4) is 0 Å². The van der Waals surface area contributed by atoms with Crippen LogP contribution in [0.1, 0.15) is 156 Å². The number of rotatable bonds is 2. The fourth-order valence-electron chi connectivity index (χ4n) is 5.03. The molecule has 1 heteroatoms. The molecule has 3 rings (SSSR count). The first kappa shape index (κ1) is 43.7. The largest absolute Gasteiger partial charge is 0.269 e. The average molecular weight is 437 g/mol. The molecule has 0 amide bonds. The van der Waals surface area contributed by atoms with Crippen molar-refractivity contribution in [3.63, 3.8) is 0 Å². The van der Waals surface area contributed by atoms with E-state index in [2.05, 4.69) is 27.7 Å². The summed E-state index contributed by atoms with van der Waals surface area (Å²) in [5.74, 6) is 6.27. The highest BCUT2D eigenvalue weighted by molar-refractivity contribution is 4.76. The molecule has 0 N–H and O–H groups in total. The molecule has 192 valence electrons. The first-order valence-corrected chi connectivity index (χ1v) is 11.0. The van der Waals surface area contributed by atoms with Crippen molar-refractivity contribution in [3.05, 3.63) is 0 Å². The van der Waals surface area contributed by atoms with Crippen LogP contribution in [-0.4, -0.2) is 0 Å². The Hall–Kier alpha value is -0.0700. The van der Waals surface area contributed by atoms with Crippen molar-refractivity contribution in [1.29, 1.82) is 0 Å². The van der Waals surface area contributed by atoms with Crippen molar-refractivity contribution in [1.82, 2.24) is 0 Å². The van der Waals surface area contributed by atoms with E-state index in [9.17, 15) is 0 Å². The summed E-state index contributed by atoms with van der Waals surface area (Å²) in [6, 6.07) is 0. The number of hydrogen-bond acceptors (Lipinski definition) is 0. The summed E-state index contributed by atoms with van der Waals surface area (Å²) in [5.41, 5.74) is 0. The van der Waals surface area contributed by atoms with Crippen LogP contribution >= 0.6 is 0 Å². The van der Waals surface area contributed by atoms with Crippen LogP contribution in [-0.2, 0) is 0 Å². The lowest BCUT2D eigenvalue weighted by molar-refractivity contribution is 0.201. The van der Waals surface area contributed by atoms with Crippen LogP contribution in [0.15, 0.2) is 0 Å². The molecule has 0 radical (unpaired) electrons. The van der Waals surface area contributed by atoms with Crippen LogP contribution in [0.5, 0.6) is 0 Å². The molecule has 0 aromatic heterocycles. The molecule has 3 aliphatic carbocycles. The summed E-state index contributed by atoms with van der Waals surface area (Å²) in [6.45, 7) is 9.59. The Morgan fingerprint density at radius 3 is 0.733 bits per heavy atom. The Labute approximate surface area is 196 Å². The van der Waals surface area contributed by atoms with Gasteiger partial charge in [-0.05, 0) is 41.9 Å². The van der Waals surface area contributed by atoms with Crippen LogP contribution in [0.2, 0.25) is 0 Å². The molecule has 0 aliphatic heterocycles. The van der Waals surface area contributed by atoms with Gasteiger partial charge in [0, 0.05) is 0 Å². The van der Waals surface area contributed by atoms with Crippen LogP contribution < -0.4 is 0 Å². The zero-order valence-corrected chi connectivity index (χ0v) is 17.1. The number of halogens is 1. The van der Waals surface area contributed by atoms with Gasteiger partial charge in [-0.25, -0.2) is 0 Å². The van der Waals surface area contributed by atoms with Gasteiger partial charge >= 0.3 is 0 Å². The molecule has 0 bridgehead atoms. The molecule has 0 spiro atoms. The lowest BCUT2D eigenvalue weighted by Gasteiger charge is -2.32. The van der Waals surface area contributed by atoms with Gasteiger partial charge in [-0.15, -0.1) is 0 Å². The molecule has 0 atom stereocenters. The standard InChI is InChI=1S/C15H28.C8H16.6CH4.FH/c1-12-3-7-14(8-4-12)11-15-9-5-13(2)6-10-15;1-7-3-5-8(2)6-4-7;;;;;;;/h12-15H,3-11H2,1-2H3;7-8H,3-6H2,1-2H3;6*1H4;1H. The predicted molar refractivity (Wildman–Crippen MR) is 147 cm³/mol. The zero-order valence-electron chi connectivity index (χ0n) is 17.1. The van der Waals surface area contributed by atoms with Gasteiger partial charge in [-0.1, -0.05) is 149 Å². The van der Waals surface area contributed by atoms with Gasteiger partial charge in [-0.2, -0.15) is 0 Å². The van der Waals surface area contributed by atoms with E-state index in [4.69, 9.17) is 0 Å². The SMILES string of the molecule is C.C.C.C.C.C.CC1CCC(C)CC1.CC1CCC(CC2CCC(C)CC2)CC1.F. The maximum atomic E-state index is 2.43. The fraction of sp³-hybridized carbons (Fsp3) is 1.00. The van der Waals surface area contributed by atoms with E-state index in [0.717, 1.165) is 35.5 Å². The van der Waals surface area contributed by atoms with Crippen molar-refractivity contribution in [2.24, 2.45) is 35.5 Å². The summed E-state index contributed by atoms with van der Waals surface area (Å²) in [4.78, 5) is 0. The van der Waals surface area contributed by atoms with E-state index < -0.39 is 0 Å². The van der Waals surface area contributed by atoms with E-state index in [0.29, 0.717) is 0 Å². The van der Waals surface area contributed by atoms with Crippen LogP contribution in [0.25, 0.3) is 0 Å². The van der Waals surface area contributed by atoms with Crippen molar-refractivity contribution in [2.75, 3.05) is 0 Å². The molecule has 0 unspecified atom stereocenters.